The Balaban J connectivity index is 2.17. The first-order valence-corrected chi connectivity index (χ1v) is 6.95. The maximum Gasteiger partial charge on any atom is 0.342 e. The third-order valence-electron chi connectivity index (χ3n) is 3.37. The van der Waals surface area contributed by atoms with Gasteiger partial charge in [-0.3, -0.25) is 4.79 Å². The van der Waals surface area contributed by atoms with Gasteiger partial charge >= 0.3 is 5.97 Å². The topological polar surface area (TPSA) is 98.7 Å². The van der Waals surface area contributed by atoms with Crippen molar-refractivity contribution in [2.45, 2.75) is 13.2 Å². The molecule has 2 aromatic heterocycles. The number of aromatic nitrogens is 4. The predicted molar refractivity (Wildman–Crippen MR) is 80.4 cm³/mol. The summed E-state index contributed by atoms with van der Waals surface area (Å²) in [5.41, 5.74) is -0.490. The van der Waals surface area contributed by atoms with Crippen molar-refractivity contribution >= 4 is 11.7 Å². The summed E-state index contributed by atoms with van der Waals surface area (Å²) >= 11 is 0. The van der Waals surface area contributed by atoms with Crippen LogP contribution in [0, 0.1) is 5.82 Å². The highest BCUT2D eigenvalue weighted by Gasteiger charge is 2.18. The normalized spacial score (nSPS) is 11.1. The number of carboxylic acids is 1. The van der Waals surface area contributed by atoms with Crippen LogP contribution in [0.25, 0.3) is 5.78 Å². The maximum absolute atomic E-state index is 13.0. The maximum atomic E-state index is 13.0. The second kappa shape index (κ2) is 6.20. The second-order valence-corrected chi connectivity index (χ2v) is 5.08. The molecule has 0 unspecified atom stereocenters. The molecule has 8 nitrogen and oxygen atoms in total. The quantitative estimate of drug-likeness (QED) is 0.746. The molecule has 0 fully saturated rings. The molecule has 0 atom stereocenters. The zero-order valence-corrected chi connectivity index (χ0v) is 12.6. The minimum Gasteiger partial charge on any atom is -0.477 e. The van der Waals surface area contributed by atoms with Gasteiger partial charge in [0.2, 0.25) is 5.78 Å². The third-order valence-corrected chi connectivity index (χ3v) is 3.37. The van der Waals surface area contributed by atoms with E-state index in [1.807, 2.05) is 0 Å². The Morgan fingerprint density at radius 3 is 2.67 bits per heavy atom. The van der Waals surface area contributed by atoms with Crippen molar-refractivity contribution in [3.63, 3.8) is 0 Å². The Bertz CT molecular complexity index is 962. The number of ether oxygens (including phenoxy) is 1. The summed E-state index contributed by atoms with van der Waals surface area (Å²) in [6.07, 6.45) is 1.20. The molecule has 0 amide bonds. The highest BCUT2D eigenvalue weighted by molar-refractivity contribution is 5.87. The highest BCUT2D eigenvalue weighted by atomic mass is 19.1. The lowest BCUT2D eigenvalue weighted by atomic mass is 10.2. The first-order chi connectivity index (χ1) is 11.5. The fourth-order valence-corrected chi connectivity index (χ4v) is 2.29. The Hall–Kier alpha value is -3.07. The van der Waals surface area contributed by atoms with Crippen LogP contribution in [-0.4, -0.2) is 37.4 Å². The molecule has 1 aromatic carbocycles. The van der Waals surface area contributed by atoms with Gasteiger partial charge in [-0.1, -0.05) is 12.1 Å². The lowest BCUT2D eigenvalue weighted by Gasteiger charge is -2.09. The number of aromatic carboxylic acids is 1. The minimum absolute atomic E-state index is 0.0834. The van der Waals surface area contributed by atoms with E-state index in [9.17, 15) is 19.1 Å². The van der Waals surface area contributed by atoms with Crippen molar-refractivity contribution in [2.24, 2.45) is 0 Å². The van der Waals surface area contributed by atoms with Crippen molar-refractivity contribution in [1.82, 2.24) is 19.2 Å². The van der Waals surface area contributed by atoms with Gasteiger partial charge in [-0.15, -0.1) is 5.10 Å². The van der Waals surface area contributed by atoms with Crippen molar-refractivity contribution in [2.75, 3.05) is 7.11 Å². The summed E-state index contributed by atoms with van der Waals surface area (Å²) in [5, 5.41) is 13.2. The number of hydrogen-bond acceptors (Lipinski definition) is 5. The zero-order valence-electron chi connectivity index (χ0n) is 12.6. The van der Waals surface area contributed by atoms with E-state index in [4.69, 9.17) is 4.74 Å². The predicted octanol–water partition coefficient (Wildman–Crippen LogP) is 0.923. The molecule has 0 aliphatic heterocycles. The first kappa shape index (κ1) is 15.8. The molecule has 0 aliphatic carbocycles. The summed E-state index contributed by atoms with van der Waals surface area (Å²) < 4.78 is 20.4. The highest BCUT2D eigenvalue weighted by Crippen LogP contribution is 2.09. The SMILES string of the molecule is COCc1nc2n(Cc3ccc(F)cc3)cc(C(=O)O)c(=O)n2n1. The fourth-order valence-electron chi connectivity index (χ4n) is 2.29. The van der Waals surface area contributed by atoms with E-state index in [1.54, 1.807) is 12.1 Å². The van der Waals surface area contributed by atoms with E-state index in [1.165, 1.54) is 30.0 Å². The van der Waals surface area contributed by atoms with Crippen molar-refractivity contribution in [3.8, 4) is 0 Å². The van der Waals surface area contributed by atoms with Gasteiger partial charge in [0, 0.05) is 13.3 Å². The summed E-state index contributed by atoms with van der Waals surface area (Å²) in [6.45, 7) is 0.287. The van der Waals surface area contributed by atoms with Crippen LogP contribution in [-0.2, 0) is 17.9 Å². The number of halogens is 1. The molecule has 0 spiro atoms. The Labute approximate surface area is 134 Å². The van der Waals surface area contributed by atoms with Gasteiger partial charge in [-0.05, 0) is 17.7 Å². The average molecular weight is 332 g/mol. The van der Waals surface area contributed by atoms with Crippen LogP contribution in [0.2, 0.25) is 0 Å². The fraction of sp³-hybridized carbons (Fsp3) is 0.200. The molecule has 24 heavy (non-hydrogen) atoms. The largest absolute Gasteiger partial charge is 0.477 e. The summed E-state index contributed by atoms with van der Waals surface area (Å²) in [6, 6.07) is 5.73. The lowest BCUT2D eigenvalue weighted by molar-refractivity contribution is 0.0693. The number of carbonyl (C=O) groups is 1. The molecule has 124 valence electrons. The molecule has 3 rings (SSSR count). The number of fused-ring (bicyclic) bond motifs is 1. The lowest BCUT2D eigenvalue weighted by Crippen LogP contribution is -2.26. The van der Waals surface area contributed by atoms with E-state index in [0.29, 0.717) is 0 Å². The number of benzene rings is 1. The van der Waals surface area contributed by atoms with Crippen LogP contribution in [0.15, 0.2) is 35.3 Å². The van der Waals surface area contributed by atoms with Crippen molar-refractivity contribution < 1.29 is 19.0 Å². The molecule has 0 saturated heterocycles. The Morgan fingerprint density at radius 1 is 1.33 bits per heavy atom. The van der Waals surface area contributed by atoms with E-state index < -0.39 is 17.1 Å². The van der Waals surface area contributed by atoms with Gasteiger partial charge < -0.3 is 14.4 Å². The van der Waals surface area contributed by atoms with Crippen LogP contribution >= 0.6 is 0 Å². The van der Waals surface area contributed by atoms with Crippen molar-refractivity contribution in [1.29, 1.82) is 0 Å². The molecule has 1 N–H and O–H groups in total. The Morgan fingerprint density at radius 2 is 2.04 bits per heavy atom. The smallest absolute Gasteiger partial charge is 0.342 e. The molecule has 2 heterocycles. The number of hydrogen-bond donors (Lipinski definition) is 1. The number of methoxy groups -OCH3 is 1. The number of carboxylic acid groups (broad SMARTS) is 1. The average Bonchev–Trinajstić information content (AvgIpc) is 2.97. The molecule has 0 radical (unpaired) electrons. The summed E-state index contributed by atoms with van der Waals surface area (Å²) in [5.74, 6) is -1.30. The van der Waals surface area contributed by atoms with Gasteiger partial charge in [0.25, 0.3) is 5.56 Å². The van der Waals surface area contributed by atoms with E-state index in [-0.39, 0.29) is 30.6 Å². The van der Waals surface area contributed by atoms with Crippen LogP contribution in [0.3, 0.4) is 0 Å². The molecular weight excluding hydrogens is 319 g/mol. The van der Waals surface area contributed by atoms with Crippen LogP contribution in [0.5, 0.6) is 0 Å². The van der Waals surface area contributed by atoms with E-state index in [2.05, 4.69) is 10.1 Å². The molecule has 0 saturated carbocycles. The molecule has 3 aromatic rings. The molecule has 0 aliphatic rings. The van der Waals surface area contributed by atoms with Crippen LogP contribution < -0.4 is 5.56 Å². The monoisotopic (exact) mass is 332 g/mol. The summed E-state index contributed by atoms with van der Waals surface area (Å²) in [7, 11) is 1.46. The van der Waals surface area contributed by atoms with E-state index in [0.717, 1.165) is 10.1 Å². The standard InChI is InChI=1S/C15H13FN4O4/c1-24-8-12-17-15-19(6-9-2-4-10(16)5-3-9)7-11(14(22)23)13(21)20(15)18-12/h2-5,7H,6,8H2,1H3,(H,22,23). The van der Waals surface area contributed by atoms with Gasteiger partial charge in [0.15, 0.2) is 5.82 Å². The minimum atomic E-state index is -1.36. The number of nitrogens with zero attached hydrogens (tertiary/aromatic N) is 4. The van der Waals surface area contributed by atoms with Gasteiger partial charge in [-0.2, -0.15) is 9.50 Å². The van der Waals surface area contributed by atoms with E-state index >= 15 is 0 Å². The number of rotatable bonds is 5. The molecule has 0 bridgehead atoms. The third kappa shape index (κ3) is 2.88. The molecular formula is C15H13FN4O4. The van der Waals surface area contributed by atoms with Gasteiger partial charge in [0.05, 0.1) is 6.54 Å². The zero-order chi connectivity index (χ0) is 17.3. The van der Waals surface area contributed by atoms with Crippen LogP contribution in [0.1, 0.15) is 21.7 Å². The summed E-state index contributed by atoms with van der Waals surface area (Å²) in [4.78, 5) is 27.7. The first-order valence-electron chi connectivity index (χ1n) is 6.95. The van der Waals surface area contributed by atoms with Gasteiger partial charge in [-0.25, -0.2) is 9.18 Å². The second-order valence-electron chi connectivity index (χ2n) is 5.08. The molecule has 9 heteroatoms. The van der Waals surface area contributed by atoms with Crippen molar-refractivity contribution in [3.05, 3.63) is 63.6 Å². The Kier molecular flexibility index (Phi) is 4.09. The van der Waals surface area contributed by atoms with Crippen LogP contribution in [0.4, 0.5) is 4.39 Å². The van der Waals surface area contributed by atoms with Gasteiger partial charge in [0.1, 0.15) is 18.0 Å².